The lowest BCUT2D eigenvalue weighted by Crippen LogP contribution is -2.31. The highest BCUT2D eigenvalue weighted by Gasteiger charge is 2.16. The van der Waals surface area contributed by atoms with Crippen molar-refractivity contribution in [2.75, 3.05) is 13.1 Å². The van der Waals surface area contributed by atoms with Crippen LogP contribution >= 0.6 is 0 Å². The summed E-state index contributed by atoms with van der Waals surface area (Å²) in [5.74, 6) is 0.877. The number of nitrogens with zero attached hydrogens (tertiary/aromatic N) is 2. The number of amides is 1. The lowest BCUT2D eigenvalue weighted by Gasteiger charge is -2.18. The first-order chi connectivity index (χ1) is 7.10. The fourth-order valence-electron chi connectivity index (χ4n) is 1.59. The highest BCUT2D eigenvalue weighted by molar-refractivity contribution is 5.79. The van der Waals surface area contributed by atoms with Gasteiger partial charge in [0.05, 0.1) is 12.1 Å². The molecule has 0 saturated carbocycles. The summed E-state index contributed by atoms with van der Waals surface area (Å²) in [5.41, 5.74) is 1.74. The van der Waals surface area contributed by atoms with Crippen molar-refractivity contribution in [1.29, 1.82) is 0 Å². The van der Waals surface area contributed by atoms with Crippen LogP contribution in [-0.2, 0) is 11.2 Å². The van der Waals surface area contributed by atoms with Crippen LogP contribution in [0.3, 0.4) is 0 Å². The zero-order valence-corrected chi connectivity index (χ0v) is 9.83. The molecule has 4 nitrogen and oxygen atoms in total. The van der Waals surface area contributed by atoms with E-state index >= 15 is 0 Å². The minimum atomic E-state index is 0.134. The number of carbonyl (C=O) groups is 1. The van der Waals surface area contributed by atoms with Crippen LogP contribution in [0.25, 0.3) is 0 Å². The molecule has 0 saturated heterocycles. The number of aryl methyl sites for hydroxylation is 2. The van der Waals surface area contributed by atoms with Gasteiger partial charge in [-0.15, -0.1) is 0 Å². The van der Waals surface area contributed by atoms with Crippen LogP contribution in [0.2, 0.25) is 0 Å². The molecule has 1 rings (SSSR count). The summed E-state index contributed by atoms with van der Waals surface area (Å²) in [4.78, 5) is 13.6. The molecule has 84 valence electrons. The molecule has 0 aliphatic heterocycles. The van der Waals surface area contributed by atoms with E-state index in [1.165, 1.54) is 0 Å². The first-order valence-corrected chi connectivity index (χ1v) is 5.29. The van der Waals surface area contributed by atoms with E-state index in [4.69, 9.17) is 4.52 Å². The maximum atomic E-state index is 11.8. The monoisotopic (exact) mass is 210 g/mol. The second kappa shape index (κ2) is 4.96. The average Bonchev–Trinajstić information content (AvgIpc) is 2.51. The largest absolute Gasteiger partial charge is 0.361 e. The van der Waals surface area contributed by atoms with E-state index in [0.717, 1.165) is 30.1 Å². The lowest BCUT2D eigenvalue weighted by atomic mass is 10.1. The molecule has 1 aromatic heterocycles. The molecule has 0 unspecified atom stereocenters. The van der Waals surface area contributed by atoms with Gasteiger partial charge in [0.2, 0.25) is 5.91 Å². The second-order valence-corrected chi connectivity index (χ2v) is 3.55. The summed E-state index contributed by atoms with van der Waals surface area (Å²) in [7, 11) is 0. The van der Waals surface area contributed by atoms with Crippen molar-refractivity contribution in [3.63, 3.8) is 0 Å². The Hall–Kier alpha value is -1.32. The van der Waals surface area contributed by atoms with E-state index < -0.39 is 0 Å². The molecule has 0 radical (unpaired) electrons. The van der Waals surface area contributed by atoms with Gasteiger partial charge in [-0.3, -0.25) is 4.79 Å². The number of hydrogen-bond acceptors (Lipinski definition) is 3. The molecule has 1 aromatic rings. The number of likely N-dealkylation sites (N-methyl/N-ethyl adjacent to an activating group) is 1. The minimum Gasteiger partial charge on any atom is -0.361 e. The fourth-order valence-corrected chi connectivity index (χ4v) is 1.59. The van der Waals surface area contributed by atoms with Crippen LogP contribution in [-0.4, -0.2) is 29.1 Å². The van der Waals surface area contributed by atoms with Crippen molar-refractivity contribution in [2.45, 2.75) is 34.1 Å². The van der Waals surface area contributed by atoms with Crippen LogP contribution in [0, 0.1) is 13.8 Å². The van der Waals surface area contributed by atoms with Crippen molar-refractivity contribution in [3.8, 4) is 0 Å². The molecule has 0 atom stereocenters. The topological polar surface area (TPSA) is 46.3 Å². The predicted octanol–water partition coefficient (Wildman–Crippen LogP) is 1.70. The van der Waals surface area contributed by atoms with Crippen LogP contribution < -0.4 is 0 Å². The molecule has 15 heavy (non-hydrogen) atoms. The zero-order chi connectivity index (χ0) is 11.4. The molecule has 1 heterocycles. The molecule has 0 aliphatic rings. The molecule has 1 amide bonds. The van der Waals surface area contributed by atoms with Gasteiger partial charge in [0.15, 0.2) is 0 Å². The van der Waals surface area contributed by atoms with E-state index in [1.54, 1.807) is 0 Å². The Labute approximate surface area is 90.2 Å². The molecule has 0 fully saturated rings. The van der Waals surface area contributed by atoms with E-state index in [1.807, 2.05) is 32.6 Å². The normalized spacial score (nSPS) is 10.4. The van der Waals surface area contributed by atoms with Crippen LogP contribution in [0.5, 0.6) is 0 Å². The number of rotatable bonds is 4. The van der Waals surface area contributed by atoms with Crippen molar-refractivity contribution in [3.05, 3.63) is 17.0 Å². The molecule has 0 aliphatic carbocycles. The summed E-state index contributed by atoms with van der Waals surface area (Å²) in [5, 5.41) is 3.83. The second-order valence-electron chi connectivity index (χ2n) is 3.55. The molecular formula is C11H18N2O2. The quantitative estimate of drug-likeness (QED) is 0.760. The van der Waals surface area contributed by atoms with Crippen molar-refractivity contribution >= 4 is 5.91 Å². The Balaban J connectivity index is 2.74. The van der Waals surface area contributed by atoms with Gasteiger partial charge in [0.1, 0.15) is 5.76 Å². The Morgan fingerprint density at radius 3 is 2.33 bits per heavy atom. The first kappa shape index (κ1) is 11.8. The van der Waals surface area contributed by atoms with Gasteiger partial charge < -0.3 is 9.42 Å². The van der Waals surface area contributed by atoms with Gasteiger partial charge in [-0.1, -0.05) is 5.16 Å². The molecule has 0 bridgehead atoms. The van der Waals surface area contributed by atoms with Crippen LogP contribution in [0.15, 0.2) is 4.52 Å². The molecule has 0 aromatic carbocycles. The highest BCUT2D eigenvalue weighted by atomic mass is 16.5. The molecule has 0 spiro atoms. The van der Waals surface area contributed by atoms with E-state index in [9.17, 15) is 4.79 Å². The molecule has 4 heteroatoms. The van der Waals surface area contributed by atoms with Crippen molar-refractivity contribution < 1.29 is 9.32 Å². The Morgan fingerprint density at radius 1 is 1.33 bits per heavy atom. The van der Waals surface area contributed by atoms with Crippen LogP contribution in [0.1, 0.15) is 30.9 Å². The van der Waals surface area contributed by atoms with Gasteiger partial charge in [0, 0.05) is 18.7 Å². The van der Waals surface area contributed by atoms with E-state index in [2.05, 4.69) is 5.16 Å². The van der Waals surface area contributed by atoms with Crippen molar-refractivity contribution in [1.82, 2.24) is 10.1 Å². The van der Waals surface area contributed by atoms with Gasteiger partial charge in [-0.05, 0) is 27.7 Å². The SMILES string of the molecule is CCN(CC)C(=O)Cc1c(C)noc1C. The van der Waals surface area contributed by atoms with Gasteiger partial charge in [0.25, 0.3) is 0 Å². The van der Waals surface area contributed by atoms with Gasteiger partial charge in [-0.2, -0.15) is 0 Å². The summed E-state index contributed by atoms with van der Waals surface area (Å²) in [6.45, 7) is 9.16. The number of hydrogen-bond donors (Lipinski definition) is 0. The lowest BCUT2D eigenvalue weighted by molar-refractivity contribution is -0.130. The maximum Gasteiger partial charge on any atom is 0.227 e. The molecule has 0 N–H and O–H groups in total. The van der Waals surface area contributed by atoms with Crippen LogP contribution in [0.4, 0.5) is 0 Å². The summed E-state index contributed by atoms with van der Waals surface area (Å²) < 4.78 is 5.02. The summed E-state index contributed by atoms with van der Waals surface area (Å²) >= 11 is 0. The third-order valence-electron chi connectivity index (χ3n) is 2.63. The smallest absolute Gasteiger partial charge is 0.227 e. The summed E-state index contributed by atoms with van der Waals surface area (Å²) in [6.07, 6.45) is 0.392. The Kier molecular flexibility index (Phi) is 3.88. The number of carbonyl (C=O) groups excluding carboxylic acids is 1. The highest BCUT2D eigenvalue weighted by Crippen LogP contribution is 2.13. The third kappa shape index (κ3) is 2.58. The Bertz CT molecular complexity index is 321. The first-order valence-electron chi connectivity index (χ1n) is 5.29. The standard InChI is InChI=1S/C11H18N2O2/c1-5-13(6-2)11(14)7-10-8(3)12-15-9(10)4/h5-7H2,1-4H3. The molecular weight excluding hydrogens is 192 g/mol. The predicted molar refractivity (Wildman–Crippen MR) is 57.6 cm³/mol. The van der Waals surface area contributed by atoms with Crippen molar-refractivity contribution in [2.24, 2.45) is 0 Å². The van der Waals surface area contributed by atoms with E-state index in [0.29, 0.717) is 6.42 Å². The van der Waals surface area contributed by atoms with Gasteiger partial charge in [-0.25, -0.2) is 0 Å². The maximum absolute atomic E-state index is 11.8. The zero-order valence-electron chi connectivity index (χ0n) is 9.83. The summed E-state index contributed by atoms with van der Waals surface area (Å²) in [6, 6.07) is 0. The van der Waals surface area contributed by atoms with E-state index in [-0.39, 0.29) is 5.91 Å². The third-order valence-corrected chi connectivity index (χ3v) is 2.63. The van der Waals surface area contributed by atoms with Gasteiger partial charge >= 0.3 is 0 Å². The fraction of sp³-hybridized carbons (Fsp3) is 0.636. The number of aromatic nitrogens is 1. The average molecular weight is 210 g/mol. The Morgan fingerprint density at radius 2 is 1.93 bits per heavy atom. The minimum absolute atomic E-state index is 0.134.